The van der Waals surface area contributed by atoms with Gasteiger partial charge >= 0.3 is 0 Å². The quantitative estimate of drug-likeness (QED) is 0.467. The van der Waals surface area contributed by atoms with Crippen LogP contribution in [0.2, 0.25) is 0 Å². The monoisotopic (exact) mass is 476 g/mol. The highest BCUT2D eigenvalue weighted by Gasteiger charge is 2.45. The molecule has 1 N–H and O–H groups in total. The minimum absolute atomic E-state index is 0.0512. The lowest BCUT2D eigenvalue weighted by Gasteiger charge is -2.28. The molecule has 2 aromatic carbocycles. The van der Waals surface area contributed by atoms with Crippen LogP contribution in [0.3, 0.4) is 0 Å². The van der Waals surface area contributed by atoms with E-state index in [-0.39, 0.29) is 16.8 Å². The molecule has 1 amide bonds. The smallest absolute Gasteiger partial charge is 0.294 e. The van der Waals surface area contributed by atoms with Crippen LogP contribution in [0.5, 0.6) is 5.75 Å². The number of amides is 1. The highest BCUT2D eigenvalue weighted by Crippen LogP contribution is 2.43. The van der Waals surface area contributed by atoms with Gasteiger partial charge in [-0.15, -0.1) is 11.3 Å². The zero-order valence-electron chi connectivity index (χ0n) is 20.2. The van der Waals surface area contributed by atoms with Crippen molar-refractivity contribution in [2.24, 2.45) is 0 Å². The largest absolute Gasteiger partial charge is 0.503 e. The molecule has 0 aliphatic carbocycles. The van der Waals surface area contributed by atoms with Gasteiger partial charge in [-0.25, -0.2) is 4.98 Å². The molecule has 6 nitrogen and oxygen atoms in total. The molecule has 3 aromatic rings. The normalized spacial score (nSPS) is 16.4. The first-order chi connectivity index (χ1) is 16.0. The number of nitrogens with zero attached hydrogens (tertiary/aromatic N) is 2. The van der Waals surface area contributed by atoms with Crippen LogP contribution >= 0.6 is 11.3 Å². The van der Waals surface area contributed by atoms with Crippen molar-refractivity contribution in [3.63, 3.8) is 0 Å². The van der Waals surface area contributed by atoms with E-state index in [1.807, 2.05) is 31.2 Å². The Balaban J connectivity index is 1.89. The number of aliphatic hydroxyl groups is 1. The van der Waals surface area contributed by atoms with E-state index < -0.39 is 17.7 Å². The van der Waals surface area contributed by atoms with E-state index in [2.05, 4.69) is 25.8 Å². The molecular formula is C27H28N2O4S. The number of methoxy groups -OCH3 is 1. The lowest BCUT2D eigenvalue weighted by molar-refractivity contribution is -0.117. The molecule has 0 fully saturated rings. The molecule has 0 spiro atoms. The van der Waals surface area contributed by atoms with E-state index >= 15 is 0 Å². The molecule has 4 rings (SSSR count). The number of rotatable bonds is 5. The van der Waals surface area contributed by atoms with Crippen LogP contribution in [0.25, 0.3) is 0 Å². The third-order valence-electron chi connectivity index (χ3n) is 5.99. The van der Waals surface area contributed by atoms with Crippen molar-refractivity contribution in [2.45, 2.75) is 46.1 Å². The molecule has 0 saturated carbocycles. The predicted molar refractivity (Wildman–Crippen MR) is 134 cm³/mol. The Hall–Kier alpha value is -3.45. The Morgan fingerprint density at radius 3 is 2.35 bits per heavy atom. The second kappa shape index (κ2) is 8.72. The number of ketones is 1. The number of aryl methyl sites for hydroxylation is 2. The van der Waals surface area contributed by atoms with E-state index in [0.29, 0.717) is 22.0 Å². The number of hydrogen-bond acceptors (Lipinski definition) is 6. The Kier molecular flexibility index (Phi) is 6.08. The zero-order chi connectivity index (χ0) is 24.8. The predicted octanol–water partition coefficient (Wildman–Crippen LogP) is 5.85. The molecule has 176 valence electrons. The number of ether oxygens (including phenoxy) is 1. The summed E-state index contributed by atoms with van der Waals surface area (Å²) in [6.07, 6.45) is 0. The average molecular weight is 477 g/mol. The Bertz CT molecular complexity index is 1300. The van der Waals surface area contributed by atoms with Crippen LogP contribution in [-0.4, -0.2) is 28.9 Å². The van der Waals surface area contributed by atoms with Crippen molar-refractivity contribution in [2.75, 3.05) is 12.0 Å². The highest BCUT2D eigenvalue weighted by atomic mass is 32.1. The summed E-state index contributed by atoms with van der Waals surface area (Å²) in [7, 11) is 1.55. The minimum atomic E-state index is -0.789. The molecule has 2 heterocycles. The van der Waals surface area contributed by atoms with Gasteiger partial charge in [-0.2, -0.15) is 0 Å². The van der Waals surface area contributed by atoms with Crippen molar-refractivity contribution in [3.05, 3.63) is 86.6 Å². The molecular weight excluding hydrogens is 448 g/mol. The van der Waals surface area contributed by atoms with Gasteiger partial charge in [0.15, 0.2) is 5.76 Å². The van der Waals surface area contributed by atoms with Crippen LogP contribution in [0.15, 0.2) is 59.9 Å². The van der Waals surface area contributed by atoms with Crippen LogP contribution in [0, 0.1) is 13.8 Å². The third-order valence-corrected chi connectivity index (χ3v) is 7.06. The molecule has 1 aliphatic rings. The van der Waals surface area contributed by atoms with Gasteiger partial charge in [0.25, 0.3) is 5.91 Å². The van der Waals surface area contributed by atoms with Crippen molar-refractivity contribution >= 4 is 28.7 Å². The van der Waals surface area contributed by atoms with Gasteiger partial charge in [0, 0.05) is 11.8 Å². The van der Waals surface area contributed by atoms with Crippen molar-refractivity contribution in [3.8, 4) is 5.75 Å². The number of carbonyl (C=O) groups is 2. The average Bonchev–Trinajstić information content (AvgIpc) is 3.28. The van der Waals surface area contributed by atoms with E-state index in [1.165, 1.54) is 16.2 Å². The van der Waals surface area contributed by atoms with Crippen LogP contribution < -0.4 is 9.64 Å². The maximum atomic E-state index is 13.7. The number of Topliss-reactive ketones (excluding diaryl/α,β-unsaturated/α-hetero) is 1. The van der Waals surface area contributed by atoms with E-state index in [4.69, 9.17) is 4.74 Å². The second-order valence-electron chi connectivity index (χ2n) is 9.39. The summed E-state index contributed by atoms with van der Waals surface area (Å²) in [5.74, 6) is -0.979. The molecule has 1 unspecified atom stereocenters. The maximum Gasteiger partial charge on any atom is 0.294 e. The Morgan fingerprint density at radius 1 is 1.12 bits per heavy atom. The van der Waals surface area contributed by atoms with E-state index in [0.717, 1.165) is 16.1 Å². The molecule has 0 bridgehead atoms. The minimum Gasteiger partial charge on any atom is -0.503 e. The molecule has 1 atom stereocenters. The van der Waals surface area contributed by atoms with Gasteiger partial charge in [-0.1, -0.05) is 51.1 Å². The number of aliphatic hydroxyl groups excluding tert-OH is 1. The summed E-state index contributed by atoms with van der Waals surface area (Å²) in [5.41, 5.74) is 2.98. The van der Waals surface area contributed by atoms with Gasteiger partial charge in [0.1, 0.15) is 5.75 Å². The fraction of sp³-hybridized carbons (Fsp3) is 0.296. The standard InChI is InChI=1S/C27H28N2O4S/c1-15-25(34-16(2)28-15)23(30)21-22(17-10-12-18(13-11-17)27(3,4)5)29(26(32)24(21)31)19-8-7-9-20(14-19)33-6/h7-14,22,31H,1-6H3. The van der Waals surface area contributed by atoms with Crippen molar-refractivity contribution < 1.29 is 19.4 Å². The Labute approximate surface area is 203 Å². The van der Waals surface area contributed by atoms with Gasteiger partial charge < -0.3 is 9.84 Å². The summed E-state index contributed by atoms with van der Waals surface area (Å²) in [6.45, 7) is 9.96. The fourth-order valence-electron chi connectivity index (χ4n) is 4.21. The molecule has 1 aliphatic heterocycles. The summed E-state index contributed by atoms with van der Waals surface area (Å²) in [4.78, 5) is 33.3. The van der Waals surface area contributed by atoms with Gasteiger partial charge in [-0.05, 0) is 42.5 Å². The first-order valence-corrected chi connectivity index (χ1v) is 11.8. The summed E-state index contributed by atoms with van der Waals surface area (Å²) < 4.78 is 5.35. The van der Waals surface area contributed by atoms with Crippen LogP contribution in [0.4, 0.5) is 5.69 Å². The highest BCUT2D eigenvalue weighted by molar-refractivity contribution is 7.14. The molecule has 0 radical (unpaired) electrons. The van der Waals surface area contributed by atoms with Crippen LogP contribution in [-0.2, 0) is 10.2 Å². The lowest BCUT2D eigenvalue weighted by atomic mass is 9.85. The number of hydrogen-bond donors (Lipinski definition) is 1. The summed E-state index contributed by atoms with van der Waals surface area (Å²) >= 11 is 1.26. The third kappa shape index (κ3) is 4.12. The first kappa shape index (κ1) is 23.7. The van der Waals surface area contributed by atoms with Crippen molar-refractivity contribution in [1.29, 1.82) is 0 Å². The molecule has 1 aromatic heterocycles. The number of aromatic nitrogens is 1. The first-order valence-electron chi connectivity index (χ1n) is 11.0. The number of thiazole rings is 1. The number of benzene rings is 2. The van der Waals surface area contributed by atoms with Gasteiger partial charge in [0.2, 0.25) is 5.78 Å². The SMILES string of the molecule is COc1cccc(N2C(=O)C(O)=C(C(=O)c3sc(C)nc3C)C2c2ccc(C(C)(C)C)cc2)c1. The lowest BCUT2D eigenvalue weighted by Crippen LogP contribution is -2.31. The molecule has 0 saturated heterocycles. The summed E-state index contributed by atoms with van der Waals surface area (Å²) in [6, 6.07) is 14.1. The fourth-order valence-corrected chi connectivity index (χ4v) is 5.08. The zero-order valence-corrected chi connectivity index (χ0v) is 21.0. The molecule has 7 heteroatoms. The maximum absolute atomic E-state index is 13.7. The van der Waals surface area contributed by atoms with Gasteiger partial charge in [-0.3, -0.25) is 14.5 Å². The van der Waals surface area contributed by atoms with Gasteiger partial charge in [0.05, 0.1) is 34.3 Å². The van der Waals surface area contributed by atoms with E-state index in [9.17, 15) is 14.7 Å². The van der Waals surface area contributed by atoms with E-state index in [1.54, 1.807) is 38.3 Å². The Morgan fingerprint density at radius 2 is 1.79 bits per heavy atom. The summed E-state index contributed by atoms with van der Waals surface area (Å²) in [5, 5.41) is 11.7. The number of carbonyl (C=O) groups excluding carboxylic acids is 2. The van der Waals surface area contributed by atoms with Crippen molar-refractivity contribution in [1.82, 2.24) is 4.98 Å². The number of anilines is 1. The topological polar surface area (TPSA) is 79.7 Å². The molecule has 34 heavy (non-hydrogen) atoms. The van der Waals surface area contributed by atoms with Crippen LogP contribution in [0.1, 0.15) is 58.3 Å². The second-order valence-corrected chi connectivity index (χ2v) is 10.6.